The maximum atomic E-state index is 13.3. The first-order chi connectivity index (χ1) is 13.7. The van der Waals surface area contributed by atoms with Gasteiger partial charge in [0.05, 0.1) is 25.7 Å². The van der Waals surface area contributed by atoms with Crippen molar-refractivity contribution in [3.8, 4) is 11.5 Å². The maximum absolute atomic E-state index is 13.3. The molecule has 2 heterocycles. The highest BCUT2D eigenvalue weighted by atomic mass is 32.1. The van der Waals surface area contributed by atoms with Gasteiger partial charge in [0.15, 0.2) is 10.6 Å². The molecule has 0 saturated carbocycles. The Morgan fingerprint density at radius 2 is 1.86 bits per heavy atom. The molecule has 1 aromatic heterocycles. The average Bonchev–Trinajstić information content (AvgIpc) is 2.64. The van der Waals surface area contributed by atoms with Crippen LogP contribution in [0.25, 0.3) is 0 Å². The Bertz CT molecular complexity index is 1160. The zero-order chi connectivity index (χ0) is 20.9. The predicted octanol–water partition coefficient (Wildman–Crippen LogP) is 3.65. The highest BCUT2D eigenvalue weighted by Crippen LogP contribution is 2.49. The number of hydrogen-bond acceptors (Lipinski definition) is 6. The van der Waals surface area contributed by atoms with E-state index in [0.717, 1.165) is 5.70 Å². The third kappa shape index (κ3) is 3.27. The van der Waals surface area contributed by atoms with Crippen molar-refractivity contribution in [1.29, 1.82) is 0 Å². The molecule has 0 fully saturated rings. The van der Waals surface area contributed by atoms with Gasteiger partial charge in [0.2, 0.25) is 0 Å². The third-order valence-corrected chi connectivity index (χ3v) is 5.70. The minimum Gasteiger partial charge on any atom is -0.497 e. The Morgan fingerprint density at radius 3 is 2.55 bits per heavy atom. The van der Waals surface area contributed by atoms with Crippen LogP contribution in [-0.2, 0) is 4.79 Å². The van der Waals surface area contributed by atoms with Crippen molar-refractivity contribution < 1.29 is 14.3 Å². The van der Waals surface area contributed by atoms with Crippen LogP contribution in [0.4, 0.5) is 5.82 Å². The van der Waals surface area contributed by atoms with Gasteiger partial charge in [-0.3, -0.25) is 14.6 Å². The first-order valence-electron chi connectivity index (χ1n) is 9.36. The van der Waals surface area contributed by atoms with Gasteiger partial charge >= 0.3 is 0 Å². The number of ketones is 1. The Kier molecular flexibility index (Phi) is 4.61. The molecule has 0 amide bonds. The Balaban J connectivity index is 2.05. The molecule has 4 rings (SSSR count). The number of anilines is 1. The van der Waals surface area contributed by atoms with Crippen molar-refractivity contribution in [3.05, 3.63) is 55.7 Å². The number of Topliss-reactive ketones (excluding diaryl/α,β-unsaturated/α-hetero) is 1. The van der Waals surface area contributed by atoms with Crippen LogP contribution in [0.1, 0.15) is 43.7 Å². The summed E-state index contributed by atoms with van der Waals surface area (Å²) >= 11 is 5.16. The monoisotopic (exact) mass is 413 g/mol. The molecule has 1 aromatic carbocycles. The number of nitrogens with one attached hydrogen (secondary N) is 3. The number of H-pyrrole nitrogens is 2. The van der Waals surface area contributed by atoms with Gasteiger partial charge in [-0.15, -0.1) is 0 Å². The highest BCUT2D eigenvalue weighted by molar-refractivity contribution is 7.71. The number of aromatic amines is 2. The molecule has 29 heavy (non-hydrogen) atoms. The second-order valence-corrected chi connectivity index (χ2v) is 8.60. The van der Waals surface area contributed by atoms with Gasteiger partial charge in [0, 0.05) is 23.3 Å². The summed E-state index contributed by atoms with van der Waals surface area (Å²) in [6, 6.07) is 5.39. The second kappa shape index (κ2) is 6.88. The van der Waals surface area contributed by atoms with E-state index in [1.165, 1.54) is 0 Å². The summed E-state index contributed by atoms with van der Waals surface area (Å²) < 4.78 is 11.2. The fourth-order valence-corrected chi connectivity index (χ4v) is 4.52. The van der Waals surface area contributed by atoms with Gasteiger partial charge in [-0.1, -0.05) is 13.8 Å². The molecule has 1 atom stereocenters. The zero-order valence-electron chi connectivity index (χ0n) is 16.8. The minimum absolute atomic E-state index is 0.0196. The van der Waals surface area contributed by atoms with Crippen LogP contribution in [-0.4, -0.2) is 30.0 Å². The van der Waals surface area contributed by atoms with Crippen molar-refractivity contribution in [1.82, 2.24) is 9.97 Å². The van der Waals surface area contributed by atoms with E-state index >= 15 is 0 Å². The van der Waals surface area contributed by atoms with Crippen LogP contribution in [0.15, 0.2) is 34.3 Å². The molecule has 0 unspecified atom stereocenters. The van der Waals surface area contributed by atoms with E-state index in [2.05, 4.69) is 29.1 Å². The molecule has 1 aliphatic heterocycles. The molecule has 0 bridgehead atoms. The molecule has 2 aliphatic rings. The molecule has 0 saturated heterocycles. The number of allylic oxidation sites excluding steroid dienone is 2. The lowest BCUT2D eigenvalue weighted by Crippen LogP contribution is -2.37. The van der Waals surface area contributed by atoms with Crippen molar-refractivity contribution in [3.63, 3.8) is 0 Å². The predicted molar refractivity (Wildman–Crippen MR) is 112 cm³/mol. The van der Waals surface area contributed by atoms with E-state index < -0.39 is 5.92 Å². The van der Waals surface area contributed by atoms with Crippen molar-refractivity contribution in [2.24, 2.45) is 5.41 Å². The summed E-state index contributed by atoms with van der Waals surface area (Å²) in [5.41, 5.74) is 2.00. The van der Waals surface area contributed by atoms with E-state index in [4.69, 9.17) is 21.7 Å². The number of carbonyl (C=O) groups is 1. The number of aromatic nitrogens is 2. The fourth-order valence-electron chi connectivity index (χ4n) is 4.32. The summed E-state index contributed by atoms with van der Waals surface area (Å²) in [4.78, 5) is 31.9. The number of benzene rings is 1. The second-order valence-electron chi connectivity index (χ2n) is 8.20. The van der Waals surface area contributed by atoms with Gasteiger partial charge in [-0.2, -0.15) is 0 Å². The van der Waals surface area contributed by atoms with Gasteiger partial charge in [0.1, 0.15) is 17.3 Å². The summed E-state index contributed by atoms with van der Waals surface area (Å²) in [7, 11) is 3.14. The first kappa shape index (κ1) is 19.4. The molecule has 7 nitrogen and oxygen atoms in total. The van der Waals surface area contributed by atoms with Crippen LogP contribution in [0, 0.1) is 10.2 Å². The SMILES string of the molecule is COc1ccc(OC)c([C@@H]2C3=C(CC(C)(C)CC3=O)Nc3[nH]c(=S)[nH]c(=O)c32)c1. The molecule has 1 aliphatic carbocycles. The summed E-state index contributed by atoms with van der Waals surface area (Å²) in [5.74, 6) is 1.14. The first-order valence-corrected chi connectivity index (χ1v) is 9.76. The fraction of sp³-hybridized carbons (Fsp3) is 0.381. The van der Waals surface area contributed by atoms with Crippen LogP contribution >= 0.6 is 12.2 Å². The van der Waals surface area contributed by atoms with Gasteiger partial charge < -0.3 is 19.8 Å². The number of carbonyl (C=O) groups excluding carboxylic acids is 1. The molecular formula is C21H23N3O4S. The lowest BCUT2D eigenvalue weighted by Gasteiger charge is -2.39. The number of rotatable bonds is 3. The number of methoxy groups -OCH3 is 2. The normalized spacial score (nSPS) is 19.9. The van der Waals surface area contributed by atoms with E-state index in [1.54, 1.807) is 26.4 Å². The molecule has 152 valence electrons. The third-order valence-electron chi connectivity index (χ3n) is 5.50. The van der Waals surface area contributed by atoms with Gasteiger partial charge in [0.25, 0.3) is 5.56 Å². The molecule has 3 N–H and O–H groups in total. The maximum Gasteiger partial charge on any atom is 0.257 e. The van der Waals surface area contributed by atoms with Crippen LogP contribution < -0.4 is 20.3 Å². The smallest absolute Gasteiger partial charge is 0.257 e. The minimum atomic E-state index is -0.592. The standard InChI is InChI=1S/C21H23N3O4S/c1-21(2)8-12-16(13(25)9-21)15(11-7-10(27-3)5-6-14(11)28-4)17-18(22-12)23-20(29)24-19(17)26/h5-7,15H,8-9H2,1-4H3,(H3,22,23,24,26,29)/t15-/m1/s1. The number of hydrogen-bond donors (Lipinski definition) is 3. The Morgan fingerprint density at radius 1 is 1.10 bits per heavy atom. The molecule has 2 aromatic rings. The Hall–Kier alpha value is -2.87. The summed E-state index contributed by atoms with van der Waals surface area (Å²) in [6.07, 6.45) is 1.09. The summed E-state index contributed by atoms with van der Waals surface area (Å²) in [5, 5.41) is 3.28. The molecule has 0 spiro atoms. The molecule has 0 radical (unpaired) electrons. The van der Waals surface area contributed by atoms with Gasteiger partial charge in [-0.25, -0.2) is 0 Å². The lowest BCUT2D eigenvalue weighted by atomic mass is 9.69. The van der Waals surface area contributed by atoms with E-state index in [0.29, 0.717) is 46.9 Å². The van der Waals surface area contributed by atoms with Gasteiger partial charge in [-0.05, 0) is 42.3 Å². The van der Waals surface area contributed by atoms with Crippen LogP contribution in [0.5, 0.6) is 11.5 Å². The summed E-state index contributed by atoms with van der Waals surface area (Å²) in [6.45, 7) is 4.13. The topological polar surface area (TPSA) is 96.2 Å². The van der Waals surface area contributed by atoms with E-state index in [-0.39, 0.29) is 21.5 Å². The Labute approximate surface area is 173 Å². The number of ether oxygens (including phenoxy) is 2. The lowest BCUT2D eigenvalue weighted by molar-refractivity contribution is -0.118. The van der Waals surface area contributed by atoms with Crippen LogP contribution in [0.3, 0.4) is 0 Å². The number of fused-ring (bicyclic) bond motifs is 1. The van der Waals surface area contributed by atoms with Crippen molar-refractivity contribution >= 4 is 23.8 Å². The quantitative estimate of drug-likeness (QED) is 0.665. The van der Waals surface area contributed by atoms with Crippen molar-refractivity contribution in [2.75, 3.05) is 19.5 Å². The zero-order valence-corrected chi connectivity index (χ0v) is 17.6. The molecular weight excluding hydrogens is 390 g/mol. The van der Waals surface area contributed by atoms with Crippen molar-refractivity contribution in [2.45, 2.75) is 32.6 Å². The van der Waals surface area contributed by atoms with E-state index in [9.17, 15) is 9.59 Å². The average molecular weight is 413 g/mol. The largest absolute Gasteiger partial charge is 0.497 e. The molecule has 8 heteroatoms. The van der Waals surface area contributed by atoms with E-state index in [1.807, 2.05) is 6.07 Å². The van der Waals surface area contributed by atoms with Crippen LogP contribution in [0.2, 0.25) is 0 Å². The highest BCUT2D eigenvalue weighted by Gasteiger charge is 2.43.